The van der Waals surface area contributed by atoms with E-state index < -0.39 is 5.97 Å². The molecule has 0 bridgehead atoms. The molecule has 62 valence electrons. The van der Waals surface area contributed by atoms with Gasteiger partial charge >= 0.3 is 5.97 Å². The molecule has 0 saturated heterocycles. The van der Waals surface area contributed by atoms with Gasteiger partial charge in [-0.05, 0) is 6.92 Å². The van der Waals surface area contributed by atoms with Crippen LogP contribution in [0.5, 0.6) is 0 Å². The molecule has 0 aliphatic heterocycles. The lowest BCUT2D eigenvalue weighted by atomic mass is 10.2. The van der Waals surface area contributed by atoms with E-state index in [-0.39, 0.29) is 24.4 Å². The van der Waals surface area contributed by atoms with Gasteiger partial charge in [-0.2, -0.15) is 0 Å². The van der Waals surface area contributed by atoms with Crippen molar-refractivity contribution in [3.8, 4) is 0 Å². The van der Waals surface area contributed by atoms with Gasteiger partial charge in [0.1, 0.15) is 0 Å². The molecular formula is C7H10O4. The highest BCUT2D eigenvalue weighted by Gasteiger charge is 2.00. The third-order valence-electron chi connectivity index (χ3n) is 0.965. The van der Waals surface area contributed by atoms with Crippen molar-refractivity contribution in [1.82, 2.24) is 0 Å². The Balaban J connectivity index is 3.77. The molecule has 0 aliphatic carbocycles. The van der Waals surface area contributed by atoms with Crippen LogP contribution in [0.15, 0.2) is 11.8 Å². The van der Waals surface area contributed by atoms with Crippen LogP contribution in [0.25, 0.3) is 0 Å². The maximum Gasteiger partial charge on any atom is 0.303 e. The molecule has 0 spiro atoms. The average molecular weight is 158 g/mol. The summed E-state index contributed by atoms with van der Waals surface area (Å²) in [5, 5.41) is 17.0. The molecule has 0 unspecified atom stereocenters. The van der Waals surface area contributed by atoms with Crippen molar-refractivity contribution in [1.29, 1.82) is 0 Å². The van der Waals surface area contributed by atoms with Crippen molar-refractivity contribution in [2.45, 2.75) is 19.8 Å². The summed E-state index contributed by atoms with van der Waals surface area (Å²) in [5.74, 6) is -1.46. The summed E-state index contributed by atoms with van der Waals surface area (Å²) < 4.78 is 0. The fraction of sp³-hybridized carbons (Fsp3) is 0.429. The van der Waals surface area contributed by atoms with Crippen molar-refractivity contribution >= 4 is 11.8 Å². The van der Waals surface area contributed by atoms with E-state index >= 15 is 0 Å². The predicted octanol–water partition coefficient (Wildman–Crippen LogP) is 0.882. The number of hydrogen-bond acceptors (Lipinski definition) is 3. The van der Waals surface area contributed by atoms with Crippen LogP contribution in [0.2, 0.25) is 0 Å². The Kier molecular flexibility index (Phi) is 3.95. The second-order valence-electron chi connectivity index (χ2n) is 2.14. The van der Waals surface area contributed by atoms with Crippen LogP contribution in [0, 0.1) is 0 Å². The number of allylic oxidation sites excluding steroid dienone is 2. The second kappa shape index (κ2) is 4.49. The SMILES string of the molecule is CC(=O)/C=C(\O)CCC(=O)O. The number of carboxylic acid groups (broad SMARTS) is 1. The highest BCUT2D eigenvalue weighted by molar-refractivity contribution is 5.87. The highest BCUT2D eigenvalue weighted by Crippen LogP contribution is 2.00. The monoisotopic (exact) mass is 158 g/mol. The lowest BCUT2D eigenvalue weighted by molar-refractivity contribution is -0.137. The van der Waals surface area contributed by atoms with E-state index in [1.54, 1.807) is 0 Å². The van der Waals surface area contributed by atoms with Gasteiger partial charge in [0.05, 0.1) is 12.2 Å². The number of aliphatic carboxylic acids is 1. The average Bonchev–Trinajstić information content (AvgIpc) is 1.82. The maximum atomic E-state index is 10.3. The van der Waals surface area contributed by atoms with Gasteiger partial charge in [-0.15, -0.1) is 0 Å². The van der Waals surface area contributed by atoms with E-state index in [2.05, 4.69) is 0 Å². The summed E-state index contributed by atoms with van der Waals surface area (Å²) >= 11 is 0. The summed E-state index contributed by atoms with van der Waals surface area (Å²) in [6.45, 7) is 1.29. The Labute approximate surface area is 64.2 Å². The maximum absolute atomic E-state index is 10.3. The van der Waals surface area contributed by atoms with Gasteiger partial charge in [0.2, 0.25) is 0 Å². The number of ketones is 1. The smallest absolute Gasteiger partial charge is 0.303 e. The highest BCUT2D eigenvalue weighted by atomic mass is 16.4. The largest absolute Gasteiger partial charge is 0.512 e. The molecule has 0 aromatic carbocycles. The number of hydrogen-bond donors (Lipinski definition) is 2. The molecule has 0 aromatic rings. The molecular weight excluding hydrogens is 148 g/mol. The zero-order chi connectivity index (χ0) is 8.85. The fourth-order valence-corrected chi connectivity index (χ4v) is 0.542. The molecule has 0 aliphatic rings. The van der Waals surface area contributed by atoms with E-state index in [0.717, 1.165) is 6.08 Å². The number of carbonyl (C=O) groups excluding carboxylic acids is 1. The number of aliphatic hydroxyl groups excluding tert-OH is 1. The Morgan fingerprint density at radius 2 is 1.82 bits per heavy atom. The molecule has 0 fully saturated rings. The van der Waals surface area contributed by atoms with Crippen molar-refractivity contribution in [2.24, 2.45) is 0 Å². The van der Waals surface area contributed by atoms with E-state index in [0.29, 0.717) is 0 Å². The molecule has 0 rings (SSSR count). The van der Waals surface area contributed by atoms with Gasteiger partial charge in [0.25, 0.3) is 0 Å². The van der Waals surface area contributed by atoms with Crippen LogP contribution >= 0.6 is 0 Å². The van der Waals surface area contributed by atoms with E-state index in [1.165, 1.54) is 6.92 Å². The van der Waals surface area contributed by atoms with Crippen LogP contribution in [0.4, 0.5) is 0 Å². The zero-order valence-electron chi connectivity index (χ0n) is 6.20. The molecule has 0 saturated carbocycles. The summed E-state index contributed by atoms with van der Waals surface area (Å²) in [6, 6.07) is 0. The number of rotatable bonds is 4. The first kappa shape index (κ1) is 9.68. The number of carbonyl (C=O) groups is 2. The molecule has 11 heavy (non-hydrogen) atoms. The topological polar surface area (TPSA) is 74.6 Å². The lowest BCUT2D eigenvalue weighted by Gasteiger charge is -1.93. The van der Waals surface area contributed by atoms with Crippen LogP contribution in [-0.2, 0) is 9.59 Å². The van der Waals surface area contributed by atoms with E-state index in [1.807, 2.05) is 0 Å². The van der Waals surface area contributed by atoms with Crippen LogP contribution in [-0.4, -0.2) is 22.0 Å². The van der Waals surface area contributed by atoms with Gasteiger partial charge < -0.3 is 10.2 Å². The zero-order valence-corrected chi connectivity index (χ0v) is 6.20. The van der Waals surface area contributed by atoms with Crippen molar-refractivity contribution < 1.29 is 19.8 Å². The molecule has 4 nitrogen and oxygen atoms in total. The minimum Gasteiger partial charge on any atom is -0.512 e. The Morgan fingerprint density at radius 1 is 1.27 bits per heavy atom. The van der Waals surface area contributed by atoms with Crippen molar-refractivity contribution in [3.63, 3.8) is 0 Å². The fourth-order valence-electron chi connectivity index (χ4n) is 0.542. The minimum absolute atomic E-state index is 0.00884. The first-order chi connectivity index (χ1) is 5.02. The number of carboxylic acids is 1. The summed E-state index contributed by atoms with van der Waals surface area (Å²) in [5.41, 5.74) is 0. The van der Waals surface area contributed by atoms with Crippen LogP contribution in [0.1, 0.15) is 19.8 Å². The summed E-state index contributed by atoms with van der Waals surface area (Å²) in [6.07, 6.45) is 0.869. The summed E-state index contributed by atoms with van der Waals surface area (Å²) in [4.78, 5) is 20.3. The van der Waals surface area contributed by atoms with Crippen LogP contribution in [0.3, 0.4) is 0 Å². The van der Waals surface area contributed by atoms with Crippen molar-refractivity contribution in [2.75, 3.05) is 0 Å². The summed E-state index contributed by atoms with van der Waals surface area (Å²) in [7, 11) is 0. The molecule has 2 N–H and O–H groups in total. The van der Waals surface area contributed by atoms with Gasteiger partial charge in [0, 0.05) is 12.5 Å². The van der Waals surface area contributed by atoms with E-state index in [9.17, 15) is 9.59 Å². The molecule has 0 amide bonds. The molecule has 4 heteroatoms. The Morgan fingerprint density at radius 3 is 2.18 bits per heavy atom. The third-order valence-corrected chi connectivity index (χ3v) is 0.965. The Hall–Kier alpha value is -1.32. The van der Waals surface area contributed by atoms with Gasteiger partial charge in [-0.25, -0.2) is 0 Å². The normalized spacial score (nSPS) is 11.2. The minimum atomic E-state index is -0.992. The van der Waals surface area contributed by atoms with E-state index in [4.69, 9.17) is 10.2 Å². The van der Waals surface area contributed by atoms with Gasteiger partial charge in [0.15, 0.2) is 5.78 Å². The molecule has 0 atom stereocenters. The quantitative estimate of drug-likeness (QED) is 0.470. The van der Waals surface area contributed by atoms with Crippen LogP contribution < -0.4 is 0 Å². The van der Waals surface area contributed by atoms with Gasteiger partial charge in [-0.1, -0.05) is 0 Å². The lowest BCUT2D eigenvalue weighted by Crippen LogP contribution is -1.96. The molecule has 0 aromatic heterocycles. The second-order valence-corrected chi connectivity index (χ2v) is 2.14. The Bertz CT molecular complexity index is 193. The predicted molar refractivity (Wildman–Crippen MR) is 38.3 cm³/mol. The number of aliphatic hydroxyl groups is 1. The third kappa shape index (κ3) is 6.57. The molecule has 0 radical (unpaired) electrons. The standard InChI is InChI=1S/C7H10O4/c1-5(8)4-6(9)2-3-7(10)11/h4,9H,2-3H2,1H3,(H,10,11)/b6-4-. The molecule has 0 heterocycles. The van der Waals surface area contributed by atoms with Crippen molar-refractivity contribution in [3.05, 3.63) is 11.8 Å². The van der Waals surface area contributed by atoms with Gasteiger partial charge in [-0.3, -0.25) is 9.59 Å². The first-order valence-electron chi connectivity index (χ1n) is 3.14. The first-order valence-corrected chi connectivity index (χ1v) is 3.14.